The van der Waals surface area contributed by atoms with E-state index in [2.05, 4.69) is 19.7 Å². The van der Waals surface area contributed by atoms with Crippen molar-refractivity contribution in [3.8, 4) is 11.5 Å². The minimum Gasteiger partial charge on any atom is -0.396 e. The zero-order valence-corrected chi connectivity index (χ0v) is 11.5. The Kier molecular flexibility index (Phi) is 3.97. The Hall–Kier alpha value is -1.44. The van der Waals surface area contributed by atoms with Crippen LogP contribution in [0.25, 0.3) is 0 Å². The normalized spacial score (nSPS) is 22.2. The van der Waals surface area contributed by atoms with Gasteiger partial charge in [0, 0.05) is 38.8 Å². The van der Waals surface area contributed by atoms with Gasteiger partial charge >= 0.3 is 6.29 Å². The highest BCUT2D eigenvalue weighted by atomic mass is 19.3. The van der Waals surface area contributed by atoms with Crippen molar-refractivity contribution in [1.82, 2.24) is 10.2 Å². The zero-order valence-electron chi connectivity index (χ0n) is 11.5. The Labute approximate surface area is 121 Å². The molecule has 2 aliphatic rings. The number of aliphatic hydroxyl groups excluding tert-OH is 1. The first-order chi connectivity index (χ1) is 10.1. The van der Waals surface area contributed by atoms with Crippen LogP contribution >= 0.6 is 0 Å². The van der Waals surface area contributed by atoms with Crippen molar-refractivity contribution >= 4 is 0 Å². The van der Waals surface area contributed by atoms with Crippen LogP contribution in [0.3, 0.4) is 0 Å². The molecule has 2 heterocycles. The number of hydrogen-bond donors (Lipinski definition) is 2. The Balaban J connectivity index is 1.83. The molecule has 0 amide bonds. The van der Waals surface area contributed by atoms with E-state index < -0.39 is 6.29 Å². The third kappa shape index (κ3) is 3.09. The molecule has 0 unspecified atom stereocenters. The highest BCUT2D eigenvalue weighted by Gasteiger charge is 2.43. The molecule has 0 spiro atoms. The van der Waals surface area contributed by atoms with Crippen LogP contribution in [0, 0.1) is 0 Å². The molecule has 0 aliphatic carbocycles. The second kappa shape index (κ2) is 5.75. The Morgan fingerprint density at radius 3 is 2.67 bits per heavy atom. The van der Waals surface area contributed by atoms with Crippen LogP contribution in [-0.2, 0) is 0 Å². The summed E-state index contributed by atoms with van der Waals surface area (Å²) >= 11 is 0. The first-order valence-electron chi connectivity index (χ1n) is 7.04. The van der Waals surface area contributed by atoms with E-state index in [9.17, 15) is 13.9 Å². The molecule has 2 N–H and O–H groups in total. The fraction of sp³-hybridized carbons (Fsp3) is 0.571. The molecule has 2 aliphatic heterocycles. The molecule has 1 atom stereocenters. The van der Waals surface area contributed by atoms with Gasteiger partial charge in [-0.05, 0) is 24.1 Å². The minimum absolute atomic E-state index is 0.0137. The van der Waals surface area contributed by atoms with Crippen molar-refractivity contribution in [3.63, 3.8) is 0 Å². The van der Waals surface area contributed by atoms with E-state index in [1.165, 1.54) is 6.07 Å². The van der Waals surface area contributed by atoms with Gasteiger partial charge < -0.3 is 19.9 Å². The summed E-state index contributed by atoms with van der Waals surface area (Å²) in [6.07, 6.45) is -3.04. The van der Waals surface area contributed by atoms with E-state index in [-0.39, 0.29) is 24.1 Å². The van der Waals surface area contributed by atoms with Gasteiger partial charge in [-0.15, -0.1) is 8.78 Å². The minimum atomic E-state index is -3.59. The summed E-state index contributed by atoms with van der Waals surface area (Å²) in [6.45, 7) is 3.51. The molecule has 116 valence electrons. The molecule has 0 bridgehead atoms. The quantitative estimate of drug-likeness (QED) is 0.879. The van der Waals surface area contributed by atoms with Crippen LogP contribution in [-0.4, -0.2) is 49.1 Å². The molecule has 1 fully saturated rings. The monoisotopic (exact) mass is 300 g/mol. The fourth-order valence-electron chi connectivity index (χ4n) is 2.85. The summed E-state index contributed by atoms with van der Waals surface area (Å²) in [4.78, 5) is 2.24. The number of rotatable bonds is 4. The molecular weight excluding hydrogens is 282 g/mol. The molecule has 3 rings (SSSR count). The number of halogens is 2. The van der Waals surface area contributed by atoms with Crippen molar-refractivity contribution in [2.45, 2.75) is 18.8 Å². The van der Waals surface area contributed by atoms with Crippen molar-refractivity contribution in [2.75, 3.05) is 32.8 Å². The SMILES string of the molecule is OCC[C@@H](c1ccc2c(c1)OC(F)(F)O2)N1CCNCC1. The average Bonchev–Trinajstić information content (AvgIpc) is 2.78. The lowest BCUT2D eigenvalue weighted by Crippen LogP contribution is -2.45. The molecule has 1 saturated heterocycles. The second-order valence-electron chi connectivity index (χ2n) is 5.19. The number of hydrogen-bond acceptors (Lipinski definition) is 5. The maximum atomic E-state index is 13.1. The highest BCUT2D eigenvalue weighted by Crippen LogP contribution is 2.42. The molecule has 5 nitrogen and oxygen atoms in total. The van der Waals surface area contributed by atoms with Crippen LogP contribution in [0.4, 0.5) is 8.78 Å². The lowest BCUT2D eigenvalue weighted by molar-refractivity contribution is -0.286. The first kappa shape index (κ1) is 14.5. The molecule has 1 aromatic carbocycles. The summed E-state index contributed by atoms with van der Waals surface area (Å²) in [5, 5.41) is 12.6. The lowest BCUT2D eigenvalue weighted by Gasteiger charge is -2.35. The molecule has 0 saturated carbocycles. The van der Waals surface area contributed by atoms with Gasteiger partial charge in [-0.1, -0.05) is 6.07 Å². The Morgan fingerprint density at radius 2 is 1.95 bits per heavy atom. The van der Waals surface area contributed by atoms with E-state index in [4.69, 9.17) is 0 Å². The third-order valence-corrected chi connectivity index (χ3v) is 3.80. The number of benzene rings is 1. The van der Waals surface area contributed by atoms with Crippen LogP contribution in [0.2, 0.25) is 0 Å². The molecule has 1 aromatic rings. The number of nitrogens with zero attached hydrogens (tertiary/aromatic N) is 1. The molecule has 0 radical (unpaired) electrons. The third-order valence-electron chi connectivity index (χ3n) is 3.80. The van der Waals surface area contributed by atoms with Gasteiger partial charge in [-0.3, -0.25) is 4.90 Å². The van der Waals surface area contributed by atoms with Gasteiger partial charge in [-0.2, -0.15) is 0 Å². The number of piperazine rings is 1. The smallest absolute Gasteiger partial charge is 0.396 e. The predicted molar refractivity (Wildman–Crippen MR) is 71.5 cm³/mol. The number of fused-ring (bicyclic) bond motifs is 1. The summed E-state index contributed by atoms with van der Waals surface area (Å²) < 4.78 is 35.0. The van der Waals surface area contributed by atoms with Crippen LogP contribution in [0.1, 0.15) is 18.0 Å². The van der Waals surface area contributed by atoms with Gasteiger partial charge in [0.25, 0.3) is 0 Å². The van der Waals surface area contributed by atoms with Crippen molar-refractivity contribution in [3.05, 3.63) is 23.8 Å². The van der Waals surface area contributed by atoms with Gasteiger partial charge in [0.2, 0.25) is 0 Å². The Morgan fingerprint density at radius 1 is 1.24 bits per heavy atom. The maximum Gasteiger partial charge on any atom is 0.586 e. The van der Waals surface area contributed by atoms with E-state index in [0.29, 0.717) is 6.42 Å². The summed E-state index contributed by atoms with van der Waals surface area (Å²) in [5.74, 6) is 0.0994. The van der Waals surface area contributed by atoms with Crippen LogP contribution in [0.15, 0.2) is 18.2 Å². The molecule has 21 heavy (non-hydrogen) atoms. The van der Waals surface area contributed by atoms with E-state index in [1.807, 2.05) is 0 Å². The number of nitrogens with one attached hydrogen (secondary N) is 1. The highest BCUT2D eigenvalue weighted by molar-refractivity contribution is 5.46. The maximum absolute atomic E-state index is 13.1. The second-order valence-corrected chi connectivity index (χ2v) is 5.19. The van der Waals surface area contributed by atoms with Crippen molar-refractivity contribution in [1.29, 1.82) is 0 Å². The summed E-state index contributed by atoms with van der Waals surface area (Å²) in [5.41, 5.74) is 0.853. The van der Waals surface area contributed by atoms with E-state index in [0.717, 1.165) is 31.7 Å². The molecular formula is C14H18F2N2O3. The number of ether oxygens (including phenoxy) is 2. The van der Waals surface area contributed by atoms with E-state index in [1.54, 1.807) is 12.1 Å². The summed E-state index contributed by atoms with van der Waals surface area (Å²) in [7, 11) is 0. The average molecular weight is 300 g/mol. The van der Waals surface area contributed by atoms with Crippen molar-refractivity contribution in [2.24, 2.45) is 0 Å². The standard InChI is InChI=1S/C14H18F2N2O3/c15-14(16)20-12-2-1-10(9-13(12)21-14)11(3-8-19)18-6-4-17-5-7-18/h1-2,9,11,17,19H,3-8H2/t11-/m0/s1. The van der Waals surface area contributed by atoms with E-state index >= 15 is 0 Å². The van der Waals surface area contributed by atoms with Crippen LogP contribution < -0.4 is 14.8 Å². The lowest BCUT2D eigenvalue weighted by atomic mass is 10.0. The topological polar surface area (TPSA) is 54.0 Å². The number of aliphatic hydroxyl groups is 1. The zero-order chi connectivity index (χ0) is 14.9. The first-order valence-corrected chi connectivity index (χ1v) is 7.04. The Bertz CT molecular complexity index is 507. The number of alkyl halides is 2. The van der Waals surface area contributed by atoms with Gasteiger partial charge in [-0.25, -0.2) is 0 Å². The van der Waals surface area contributed by atoms with Crippen molar-refractivity contribution < 1.29 is 23.4 Å². The molecule has 0 aromatic heterocycles. The predicted octanol–water partition coefficient (Wildman–Crippen LogP) is 1.34. The summed E-state index contributed by atoms with van der Waals surface area (Å²) in [6, 6.07) is 4.82. The molecule has 7 heteroatoms. The van der Waals surface area contributed by atoms with Gasteiger partial charge in [0.1, 0.15) is 0 Å². The van der Waals surface area contributed by atoms with Gasteiger partial charge in [0.05, 0.1) is 0 Å². The largest absolute Gasteiger partial charge is 0.586 e. The van der Waals surface area contributed by atoms with Crippen LogP contribution in [0.5, 0.6) is 11.5 Å². The fourth-order valence-corrected chi connectivity index (χ4v) is 2.85. The van der Waals surface area contributed by atoms with Gasteiger partial charge in [0.15, 0.2) is 11.5 Å².